The Bertz CT molecular complexity index is 1170. The van der Waals surface area contributed by atoms with E-state index in [-0.39, 0.29) is 0 Å². The highest BCUT2D eigenvalue weighted by molar-refractivity contribution is 7.10. The summed E-state index contributed by atoms with van der Waals surface area (Å²) in [5.74, 6) is 1.15. The Labute approximate surface area is 194 Å². The van der Waals surface area contributed by atoms with E-state index in [2.05, 4.69) is 26.5 Å². The van der Waals surface area contributed by atoms with Crippen LogP contribution >= 0.6 is 34.5 Å². The molecule has 0 N–H and O–H groups in total. The molecule has 0 atom stereocenters. The van der Waals surface area contributed by atoms with Crippen LogP contribution in [0, 0.1) is 0 Å². The molecule has 0 radical (unpaired) electrons. The molecule has 158 valence electrons. The first-order chi connectivity index (χ1) is 15.2. The maximum Gasteiger partial charge on any atom is 0.186 e. The summed E-state index contributed by atoms with van der Waals surface area (Å²) in [5.41, 5.74) is 3.53. The molecule has 5 nitrogen and oxygen atoms in total. The van der Waals surface area contributed by atoms with Gasteiger partial charge in [-0.1, -0.05) is 40.5 Å². The third-order valence-electron chi connectivity index (χ3n) is 5.55. The standard InChI is InChI=1S/C23H20Cl2N4OS/c24-18-5-4-16(11-19(18)25)20-12-22(30-28-20)21-14-31-23(27-21)15-6-9-29(10-7-15)13-17-3-1-2-8-26-17/h1-5,8,11-12,14-15H,6-7,9-10,13H2. The molecule has 1 fully saturated rings. The van der Waals surface area contributed by atoms with E-state index in [0.717, 1.165) is 49.4 Å². The van der Waals surface area contributed by atoms with Gasteiger partial charge in [0.25, 0.3) is 0 Å². The molecule has 1 aliphatic heterocycles. The van der Waals surface area contributed by atoms with Gasteiger partial charge < -0.3 is 4.52 Å². The Morgan fingerprint density at radius 1 is 1.03 bits per heavy atom. The number of rotatable bonds is 5. The Morgan fingerprint density at radius 2 is 1.90 bits per heavy atom. The number of aromatic nitrogens is 3. The van der Waals surface area contributed by atoms with Crippen molar-refractivity contribution >= 4 is 34.5 Å². The Kier molecular flexibility index (Phi) is 6.05. The highest BCUT2D eigenvalue weighted by Crippen LogP contribution is 2.35. The largest absolute Gasteiger partial charge is 0.354 e. The van der Waals surface area contributed by atoms with Gasteiger partial charge in [-0.15, -0.1) is 11.3 Å². The lowest BCUT2D eigenvalue weighted by molar-refractivity contribution is 0.202. The Balaban J connectivity index is 1.24. The number of nitrogens with zero attached hydrogens (tertiary/aromatic N) is 4. The van der Waals surface area contributed by atoms with Crippen molar-refractivity contribution in [3.8, 4) is 22.7 Å². The van der Waals surface area contributed by atoms with Gasteiger partial charge in [-0.3, -0.25) is 9.88 Å². The molecular weight excluding hydrogens is 451 g/mol. The molecule has 1 saturated heterocycles. The van der Waals surface area contributed by atoms with Crippen LogP contribution < -0.4 is 0 Å². The lowest BCUT2D eigenvalue weighted by Gasteiger charge is -2.30. The second-order valence-electron chi connectivity index (χ2n) is 7.65. The zero-order valence-corrected chi connectivity index (χ0v) is 19.0. The monoisotopic (exact) mass is 470 g/mol. The summed E-state index contributed by atoms with van der Waals surface area (Å²) >= 11 is 13.8. The van der Waals surface area contributed by atoms with Crippen LogP contribution in [0.2, 0.25) is 10.0 Å². The third kappa shape index (κ3) is 4.67. The van der Waals surface area contributed by atoms with Gasteiger partial charge in [0.2, 0.25) is 0 Å². The zero-order valence-electron chi connectivity index (χ0n) is 16.7. The highest BCUT2D eigenvalue weighted by atomic mass is 35.5. The minimum Gasteiger partial charge on any atom is -0.354 e. The molecule has 0 aliphatic carbocycles. The summed E-state index contributed by atoms with van der Waals surface area (Å²) in [6.07, 6.45) is 4.06. The van der Waals surface area contributed by atoms with E-state index in [1.807, 2.05) is 30.5 Å². The number of hydrogen-bond donors (Lipinski definition) is 0. The van der Waals surface area contributed by atoms with E-state index in [9.17, 15) is 0 Å². The van der Waals surface area contributed by atoms with Gasteiger partial charge in [-0.2, -0.15) is 0 Å². The molecule has 1 aromatic carbocycles. The van der Waals surface area contributed by atoms with Crippen molar-refractivity contribution < 1.29 is 4.52 Å². The minimum atomic E-state index is 0.483. The van der Waals surface area contributed by atoms with E-state index >= 15 is 0 Å². The number of likely N-dealkylation sites (tertiary alicyclic amines) is 1. The van der Waals surface area contributed by atoms with Gasteiger partial charge in [0.15, 0.2) is 5.76 Å². The van der Waals surface area contributed by atoms with Gasteiger partial charge >= 0.3 is 0 Å². The summed E-state index contributed by atoms with van der Waals surface area (Å²) in [6.45, 7) is 3.02. The molecule has 31 heavy (non-hydrogen) atoms. The number of pyridine rings is 1. The number of hydrogen-bond acceptors (Lipinski definition) is 6. The number of halogens is 2. The summed E-state index contributed by atoms with van der Waals surface area (Å²) in [7, 11) is 0. The molecule has 4 aromatic rings. The number of piperidine rings is 1. The number of thiazole rings is 1. The van der Waals surface area contributed by atoms with Crippen molar-refractivity contribution in [2.45, 2.75) is 25.3 Å². The van der Waals surface area contributed by atoms with E-state index in [4.69, 9.17) is 32.7 Å². The van der Waals surface area contributed by atoms with Crippen molar-refractivity contribution in [1.82, 2.24) is 20.0 Å². The van der Waals surface area contributed by atoms with Gasteiger partial charge in [0.05, 0.1) is 20.7 Å². The second kappa shape index (κ2) is 9.09. The maximum atomic E-state index is 6.12. The van der Waals surface area contributed by atoms with Crippen molar-refractivity contribution in [2.24, 2.45) is 0 Å². The van der Waals surface area contributed by atoms with Crippen LogP contribution in [-0.4, -0.2) is 33.1 Å². The average Bonchev–Trinajstić information content (AvgIpc) is 3.47. The first-order valence-corrected chi connectivity index (χ1v) is 11.8. The third-order valence-corrected chi connectivity index (χ3v) is 7.29. The van der Waals surface area contributed by atoms with Crippen LogP contribution in [0.5, 0.6) is 0 Å². The fourth-order valence-corrected chi connectivity index (χ4v) is 5.11. The van der Waals surface area contributed by atoms with Crippen LogP contribution in [0.25, 0.3) is 22.7 Å². The molecule has 0 spiro atoms. The number of benzene rings is 1. The maximum absolute atomic E-state index is 6.12. The van der Waals surface area contributed by atoms with Gasteiger partial charge in [-0.25, -0.2) is 4.98 Å². The van der Waals surface area contributed by atoms with Crippen molar-refractivity contribution in [3.05, 3.63) is 74.8 Å². The summed E-state index contributed by atoms with van der Waals surface area (Å²) < 4.78 is 5.56. The molecule has 0 unspecified atom stereocenters. The molecule has 0 saturated carbocycles. The van der Waals surface area contributed by atoms with Crippen LogP contribution in [0.3, 0.4) is 0 Å². The minimum absolute atomic E-state index is 0.483. The van der Waals surface area contributed by atoms with Crippen molar-refractivity contribution in [1.29, 1.82) is 0 Å². The SMILES string of the molecule is Clc1ccc(-c2cc(-c3csc(C4CCN(Cc5ccccn5)CC4)n3)on2)cc1Cl. The first kappa shape index (κ1) is 20.6. The van der Waals surface area contributed by atoms with Crippen molar-refractivity contribution in [3.63, 3.8) is 0 Å². The second-order valence-corrected chi connectivity index (χ2v) is 9.35. The van der Waals surface area contributed by atoms with Crippen LogP contribution in [-0.2, 0) is 6.54 Å². The normalized spacial score (nSPS) is 15.4. The fraction of sp³-hybridized carbons (Fsp3) is 0.261. The molecule has 1 aliphatic rings. The topological polar surface area (TPSA) is 55.1 Å². The smallest absolute Gasteiger partial charge is 0.186 e. The van der Waals surface area contributed by atoms with E-state index in [1.54, 1.807) is 23.5 Å². The summed E-state index contributed by atoms with van der Waals surface area (Å²) in [5, 5.41) is 8.41. The van der Waals surface area contributed by atoms with Crippen LogP contribution in [0.4, 0.5) is 0 Å². The van der Waals surface area contributed by atoms with Gasteiger partial charge in [0.1, 0.15) is 11.4 Å². The van der Waals surface area contributed by atoms with Crippen molar-refractivity contribution in [2.75, 3.05) is 13.1 Å². The summed E-state index contributed by atoms with van der Waals surface area (Å²) in [4.78, 5) is 11.8. The molecule has 3 aromatic heterocycles. The first-order valence-electron chi connectivity index (χ1n) is 10.2. The lowest BCUT2D eigenvalue weighted by Crippen LogP contribution is -2.32. The molecule has 8 heteroatoms. The Morgan fingerprint density at radius 3 is 2.68 bits per heavy atom. The van der Waals surface area contributed by atoms with Crippen LogP contribution in [0.1, 0.15) is 29.5 Å². The Hall–Kier alpha value is -2.25. The molecule has 4 heterocycles. The van der Waals surface area contributed by atoms with E-state index < -0.39 is 0 Å². The predicted molar refractivity (Wildman–Crippen MR) is 125 cm³/mol. The molecule has 5 rings (SSSR count). The van der Waals surface area contributed by atoms with E-state index in [0.29, 0.717) is 27.4 Å². The van der Waals surface area contributed by atoms with E-state index in [1.165, 1.54) is 5.01 Å². The lowest BCUT2D eigenvalue weighted by atomic mass is 9.97. The quantitative estimate of drug-likeness (QED) is 0.331. The molecular formula is C23H20Cl2N4OS. The average molecular weight is 471 g/mol. The predicted octanol–water partition coefficient (Wildman–Crippen LogP) is 6.55. The van der Waals surface area contributed by atoms with Gasteiger partial charge in [-0.05, 0) is 50.2 Å². The molecule has 0 amide bonds. The summed E-state index contributed by atoms with van der Waals surface area (Å²) in [6, 6.07) is 13.4. The fourth-order valence-electron chi connectivity index (χ4n) is 3.83. The van der Waals surface area contributed by atoms with Crippen LogP contribution in [0.15, 0.2) is 58.6 Å². The molecule has 0 bridgehead atoms. The highest BCUT2D eigenvalue weighted by Gasteiger charge is 2.24. The zero-order chi connectivity index (χ0) is 21.2. The van der Waals surface area contributed by atoms with Gasteiger partial charge in [0, 0.05) is 35.7 Å².